The fourth-order valence-electron chi connectivity index (χ4n) is 3.13. The van der Waals surface area contributed by atoms with Crippen LogP contribution in [0.2, 0.25) is 0 Å². The van der Waals surface area contributed by atoms with Gasteiger partial charge in [0, 0.05) is 30.5 Å². The number of tetrazole rings is 1. The molecule has 0 aliphatic carbocycles. The molecule has 1 aliphatic heterocycles. The molecular weight excluding hydrogens is 420 g/mol. The normalized spacial score (nSPS) is 13.0. The van der Waals surface area contributed by atoms with E-state index in [4.69, 9.17) is 9.47 Å². The number of anilines is 1. The molecule has 160 valence electrons. The smallest absolute Gasteiger partial charge is 0.253 e. The molecule has 5 rings (SSSR count). The molecule has 0 atom stereocenters. The Morgan fingerprint density at radius 3 is 2.84 bits per heavy atom. The van der Waals surface area contributed by atoms with Gasteiger partial charge in [0.1, 0.15) is 6.33 Å². The van der Waals surface area contributed by atoms with Crippen LogP contribution in [0, 0.1) is 0 Å². The zero-order chi connectivity index (χ0) is 20.9. The molecule has 0 spiro atoms. The van der Waals surface area contributed by atoms with E-state index in [1.165, 1.54) is 11.5 Å². The van der Waals surface area contributed by atoms with E-state index >= 15 is 0 Å². The molecule has 0 unspecified atom stereocenters. The highest BCUT2D eigenvalue weighted by atomic mass is 32.1. The van der Waals surface area contributed by atoms with Crippen molar-refractivity contribution in [1.82, 2.24) is 44.8 Å². The summed E-state index contributed by atoms with van der Waals surface area (Å²) in [6, 6.07) is 7.68. The van der Waals surface area contributed by atoms with Crippen LogP contribution in [0.4, 0.5) is 5.13 Å². The number of ether oxygens (including phenoxy) is 2. The molecule has 0 amide bonds. The third-order valence-corrected chi connectivity index (χ3v) is 5.36. The summed E-state index contributed by atoms with van der Waals surface area (Å²) >= 11 is 1.32. The fraction of sp³-hybridized carbons (Fsp3) is 0.333. The Morgan fingerprint density at radius 1 is 1.23 bits per heavy atom. The second-order valence-electron chi connectivity index (χ2n) is 6.77. The summed E-state index contributed by atoms with van der Waals surface area (Å²) in [7, 11) is 0. The Morgan fingerprint density at radius 2 is 2.10 bits per heavy atom. The molecule has 31 heavy (non-hydrogen) atoms. The predicted octanol–water partition coefficient (Wildman–Crippen LogP) is 1.02. The van der Waals surface area contributed by atoms with E-state index in [-0.39, 0.29) is 6.29 Å². The number of hydrogen-bond donors (Lipinski definition) is 2. The summed E-state index contributed by atoms with van der Waals surface area (Å²) in [5, 5.41) is 18.4. The first-order valence-electron chi connectivity index (χ1n) is 9.77. The van der Waals surface area contributed by atoms with Crippen molar-refractivity contribution in [3.63, 3.8) is 0 Å². The number of rotatable bonds is 10. The van der Waals surface area contributed by atoms with Gasteiger partial charge in [-0.15, -0.1) is 10.2 Å². The summed E-state index contributed by atoms with van der Waals surface area (Å²) in [5.41, 5.74) is 0. The first kappa shape index (κ1) is 19.4. The van der Waals surface area contributed by atoms with Gasteiger partial charge in [-0.3, -0.25) is 4.57 Å². The Kier molecular flexibility index (Phi) is 5.66. The van der Waals surface area contributed by atoms with Crippen LogP contribution in [-0.2, 0) is 6.54 Å². The van der Waals surface area contributed by atoms with E-state index in [2.05, 4.69) is 45.2 Å². The Labute approximate surface area is 181 Å². The molecule has 2 N–H and O–H groups in total. The largest absolute Gasteiger partial charge is 0.450 e. The quantitative estimate of drug-likeness (QED) is 0.344. The van der Waals surface area contributed by atoms with Gasteiger partial charge in [-0.05, 0) is 25.1 Å². The van der Waals surface area contributed by atoms with Crippen molar-refractivity contribution < 1.29 is 9.47 Å². The number of aromatic nitrogens is 8. The van der Waals surface area contributed by atoms with Crippen molar-refractivity contribution in [2.45, 2.75) is 19.3 Å². The molecule has 0 radical (unpaired) electrons. The van der Waals surface area contributed by atoms with E-state index in [0.29, 0.717) is 24.9 Å². The minimum Gasteiger partial charge on any atom is -0.450 e. The van der Waals surface area contributed by atoms with Crippen molar-refractivity contribution >= 4 is 16.7 Å². The predicted molar refractivity (Wildman–Crippen MR) is 111 cm³/mol. The molecule has 3 aromatic heterocycles. The summed E-state index contributed by atoms with van der Waals surface area (Å²) < 4.78 is 17.7. The van der Waals surface area contributed by atoms with Crippen LogP contribution in [0.5, 0.6) is 11.5 Å². The van der Waals surface area contributed by atoms with Crippen molar-refractivity contribution in [1.29, 1.82) is 0 Å². The van der Waals surface area contributed by atoms with Crippen LogP contribution in [0.15, 0.2) is 43.0 Å². The SMILES string of the molecule is c1ccc2c(c1)OC(CNCCCN(Cc1nn[nH]n1)c1nc(-n3ccnc3)ns1)O2. The lowest BCUT2D eigenvalue weighted by Gasteiger charge is -2.19. The number of H-pyrrole nitrogens is 1. The van der Waals surface area contributed by atoms with Crippen molar-refractivity contribution in [2.24, 2.45) is 0 Å². The number of nitrogens with zero attached hydrogens (tertiary/aromatic N) is 8. The number of hydrogen-bond acceptors (Lipinski definition) is 11. The third kappa shape index (κ3) is 4.62. The molecule has 0 saturated carbocycles. The number of benzene rings is 1. The number of fused-ring (bicyclic) bond motifs is 1. The number of nitrogens with one attached hydrogen (secondary N) is 2. The van der Waals surface area contributed by atoms with Crippen molar-refractivity contribution in [3.8, 4) is 17.4 Å². The lowest BCUT2D eigenvalue weighted by atomic mass is 10.3. The molecule has 0 bridgehead atoms. The topological polar surface area (TPSA) is 132 Å². The maximum Gasteiger partial charge on any atom is 0.253 e. The molecule has 13 heteroatoms. The minimum absolute atomic E-state index is 0.311. The van der Waals surface area contributed by atoms with Crippen LogP contribution in [0.1, 0.15) is 12.2 Å². The van der Waals surface area contributed by atoms with Crippen LogP contribution >= 0.6 is 11.5 Å². The maximum atomic E-state index is 5.77. The van der Waals surface area contributed by atoms with Crippen LogP contribution in [0.25, 0.3) is 5.95 Å². The first-order valence-corrected chi connectivity index (χ1v) is 10.5. The standard InChI is InChI=1S/C18H20N10O2S/c1-2-5-14-13(4-1)29-16(30-14)10-19-6-3-8-27(11-15-22-25-26-23-15)18-21-17(24-31-18)28-9-7-20-12-28/h1-2,4-5,7,9,12,16,19H,3,6,8,10-11H2,(H,22,23,25,26). The van der Waals surface area contributed by atoms with Crippen LogP contribution in [0.3, 0.4) is 0 Å². The monoisotopic (exact) mass is 440 g/mol. The number of aromatic amines is 1. The first-order chi connectivity index (χ1) is 15.3. The lowest BCUT2D eigenvalue weighted by molar-refractivity contribution is 0.0500. The van der Waals surface area contributed by atoms with Crippen molar-refractivity contribution in [3.05, 3.63) is 48.8 Å². The maximum absolute atomic E-state index is 5.77. The fourth-order valence-corrected chi connectivity index (χ4v) is 3.82. The van der Waals surface area contributed by atoms with E-state index in [0.717, 1.165) is 36.1 Å². The molecule has 1 aromatic carbocycles. The zero-order valence-electron chi connectivity index (χ0n) is 16.5. The molecule has 0 fully saturated rings. The Bertz CT molecular complexity index is 1060. The van der Waals surface area contributed by atoms with Gasteiger partial charge in [0.15, 0.2) is 17.3 Å². The van der Waals surface area contributed by atoms with E-state index in [1.54, 1.807) is 17.1 Å². The molecule has 4 heterocycles. The van der Waals surface area contributed by atoms with E-state index in [9.17, 15) is 0 Å². The average Bonchev–Trinajstić information content (AvgIpc) is 3.59. The average molecular weight is 440 g/mol. The summed E-state index contributed by atoms with van der Waals surface area (Å²) in [5.74, 6) is 2.75. The van der Waals surface area contributed by atoms with E-state index in [1.807, 2.05) is 30.5 Å². The molecule has 4 aromatic rings. The van der Waals surface area contributed by atoms with Gasteiger partial charge < -0.3 is 19.7 Å². The molecule has 0 saturated heterocycles. The van der Waals surface area contributed by atoms with Gasteiger partial charge in [-0.1, -0.05) is 17.3 Å². The minimum atomic E-state index is -0.311. The van der Waals surface area contributed by atoms with Gasteiger partial charge in [0.25, 0.3) is 6.29 Å². The van der Waals surface area contributed by atoms with Gasteiger partial charge in [-0.25, -0.2) is 4.98 Å². The Balaban J connectivity index is 1.14. The molecular formula is C18H20N10O2S. The van der Waals surface area contributed by atoms with Gasteiger partial charge in [-0.2, -0.15) is 14.6 Å². The lowest BCUT2D eigenvalue weighted by Crippen LogP contribution is -2.34. The summed E-state index contributed by atoms with van der Waals surface area (Å²) in [6.45, 7) is 2.62. The summed E-state index contributed by atoms with van der Waals surface area (Å²) in [6.07, 6.45) is 5.74. The summed E-state index contributed by atoms with van der Waals surface area (Å²) in [4.78, 5) is 10.8. The molecule has 12 nitrogen and oxygen atoms in total. The highest BCUT2D eigenvalue weighted by Crippen LogP contribution is 2.33. The van der Waals surface area contributed by atoms with Crippen molar-refractivity contribution in [2.75, 3.05) is 24.5 Å². The number of imidazole rings is 1. The molecule has 1 aliphatic rings. The highest BCUT2D eigenvalue weighted by molar-refractivity contribution is 7.09. The Hall–Kier alpha value is -3.58. The van der Waals surface area contributed by atoms with Crippen LogP contribution in [-0.4, -0.2) is 65.5 Å². The van der Waals surface area contributed by atoms with E-state index < -0.39 is 0 Å². The number of para-hydroxylation sites is 2. The second-order valence-corrected chi connectivity index (χ2v) is 7.50. The third-order valence-electron chi connectivity index (χ3n) is 4.59. The van der Waals surface area contributed by atoms with Crippen LogP contribution < -0.4 is 19.7 Å². The highest BCUT2D eigenvalue weighted by Gasteiger charge is 2.23. The van der Waals surface area contributed by atoms with Gasteiger partial charge >= 0.3 is 0 Å². The second kappa shape index (κ2) is 9.06. The zero-order valence-corrected chi connectivity index (χ0v) is 17.3. The van der Waals surface area contributed by atoms with Gasteiger partial charge in [0.2, 0.25) is 11.1 Å². The van der Waals surface area contributed by atoms with Gasteiger partial charge in [0.05, 0.1) is 13.1 Å².